The van der Waals surface area contributed by atoms with E-state index in [-0.39, 0.29) is 4.90 Å². The Balaban J connectivity index is 1.50. The first kappa shape index (κ1) is 20.2. The summed E-state index contributed by atoms with van der Waals surface area (Å²) < 4.78 is 28.6. The van der Waals surface area contributed by atoms with Gasteiger partial charge in [-0.15, -0.1) is 0 Å². The van der Waals surface area contributed by atoms with E-state index in [4.69, 9.17) is 11.6 Å². The van der Waals surface area contributed by atoms with Gasteiger partial charge in [0.15, 0.2) is 0 Å². The molecule has 2 fully saturated rings. The van der Waals surface area contributed by atoms with Crippen molar-refractivity contribution in [1.29, 1.82) is 0 Å². The lowest BCUT2D eigenvalue weighted by Gasteiger charge is -2.24. The van der Waals surface area contributed by atoms with Gasteiger partial charge in [0.25, 0.3) is 10.0 Å². The minimum absolute atomic E-state index is 0.0336. The molecule has 1 aliphatic heterocycles. The van der Waals surface area contributed by atoms with Crippen LogP contribution in [-0.4, -0.2) is 37.4 Å². The first-order valence-electron chi connectivity index (χ1n) is 10.2. The van der Waals surface area contributed by atoms with E-state index in [1.165, 1.54) is 6.07 Å². The van der Waals surface area contributed by atoms with Gasteiger partial charge in [0.05, 0.1) is 20.8 Å². The summed E-state index contributed by atoms with van der Waals surface area (Å²) in [5.74, 6) is 0.180. The molecule has 1 aromatic carbocycles. The van der Waals surface area contributed by atoms with E-state index in [2.05, 4.69) is 19.6 Å². The molecule has 1 saturated carbocycles. The van der Waals surface area contributed by atoms with Gasteiger partial charge in [-0.2, -0.15) is 0 Å². The van der Waals surface area contributed by atoms with Crippen molar-refractivity contribution in [3.8, 4) is 0 Å². The normalized spacial score (nSPS) is 17.6. The highest BCUT2D eigenvalue weighted by Crippen LogP contribution is 2.52. The molecular formula is C22H21ClN4O3S. The Morgan fingerprint density at radius 2 is 1.87 bits per heavy atom. The number of benzene rings is 1. The van der Waals surface area contributed by atoms with Crippen molar-refractivity contribution in [2.75, 3.05) is 18.0 Å². The largest absolute Gasteiger partial charge is 0.356 e. The molecule has 2 aromatic heterocycles. The number of aromatic nitrogens is 2. The quantitative estimate of drug-likeness (QED) is 0.632. The molecule has 0 unspecified atom stereocenters. The lowest BCUT2D eigenvalue weighted by Crippen LogP contribution is -2.39. The number of carbonyl (C=O) groups excluding carboxylic acids is 1. The van der Waals surface area contributed by atoms with E-state index in [0.29, 0.717) is 34.3 Å². The highest BCUT2D eigenvalue weighted by Gasteiger charge is 2.54. The van der Waals surface area contributed by atoms with Crippen LogP contribution in [0.15, 0.2) is 53.7 Å². The summed E-state index contributed by atoms with van der Waals surface area (Å²) in [5.41, 5.74) is 0.314. The zero-order valence-corrected chi connectivity index (χ0v) is 18.3. The molecule has 2 aliphatic rings. The van der Waals surface area contributed by atoms with Crippen molar-refractivity contribution in [3.63, 3.8) is 0 Å². The predicted molar refractivity (Wildman–Crippen MR) is 119 cm³/mol. The van der Waals surface area contributed by atoms with Crippen LogP contribution < -0.4 is 9.62 Å². The molecule has 160 valence electrons. The number of hydrogen-bond acceptors (Lipinski definition) is 6. The maximum absolute atomic E-state index is 13.3. The molecule has 1 amide bonds. The summed E-state index contributed by atoms with van der Waals surface area (Å²) in [5, 5.41) is 0.900. The van der Waals surface area contributed by atoms with Gasteiger partial charge < -0.3 is 4.90 Å². The summed E-state index contributed by atoms with van der Waals surface area (Å²) in [6, 6.07) is 9.94. The molecule has 7 nitrogen and oxygen atoms in total. The lowest BCUT2D eigenvalue weighted by atomic mass is 9.95. The number of anilines is 1. The van der Waals surface area contributed by atoms with Gasteiger partial charge in [-0.25, -0.2) is 18.1 Å². The third kappa shape index (κ3) is 3.53. The highest BCUT2D eigenvalue weighted by atomic mass is 35.5. The molecule has 1 saturated heterocycles. The Labute approximate surface area is 185 Å². The molecule has 0 radical (unpaired) electrons. The number of halogens is 1. The number of pyridine rings is 2. The molecular weight excluding hydrogens is 436 g/mol. The number of fused-ring (bicyclic) bond motifs is 1. The third-order valence-electron chi connectivity index (χ3n) is 6.06. The third-order valence-corrected chi connectivity index (χ3v) is 7.66. The first-order chi connectivity index (χ1) is 14.9. The molecule has 0 spiro atoms. The van der Waals surface area contributed by atoms with Gasteiger partial charge in [-0.1, -0.05) is 17.7 Å². The molecule has 3 aromatic rings. The summed E-state index contributed by atoms with van der Waals surface area (Å²) in [6.07, 6.45) is 6.40. The Kier molecular flexibility index (Phi) is 4.86. The van der Waals surface area contributed by atoms with Gasteiger partial charge in [-0.05, 0) is 56.0 Å². The van der Waals surface area contributed by atoms with E-state index >= 15 is 0 Å². The summed E-state index contributed by atoms with van der Waals surface area (Å²) >= 11 is 6.22. The van der Waals surface area contributed by atoms with E-state index in [9.17, 15) is 13.2 Å². The van der Waals surface area contributed by atoms with Crippen LogP contribution in [0.4, 0.5) is 5.82 Å². The van der Waals surface area contributed by atoms with Crippen molar-refractivity contribution in [1.82, 2.24) is 14.7 Å². The van der Waals surface area contributed by atoms with Gasteiger partial charge >= 0.3 is 0 Å². The standard InChI is InChI=1S/C22H21ClN4O3S/c23-15-13-17(20(25-14-15)27-11-1-2-12-27)22(8-9-22)21(28)26-31(29,30)19-7-3-6-18-16(19)5-4-10-24-18/h3-7,10,13-14H,1-2,8-9,11-12H2,(H,26,28). The van der Waals surface area contributed by atoms with Crippen LogP contribution in [0.5, 0.6) is 0 Å². The summed E-state index contributed by atoms with van der Waals surface area (Å²) in [7, 11) is -4.09. The van der Waals surface area contributed by atoms with Crippen LogP contribution in [0.2, 0.25) is 5.02 Å². The maximum atomic E-state index is 13.3. The number of rotatable bonds is 5. The number of carbonyl (C=O) groups is 1. The molecule has 0 bridgehead atoms. The lowest BCUT2D eigenvalue weighted by molar-refractivity contribution is -0.121. The first-order valence-corrected chi connectivity index (χ1v) is 12.1. The maximum Gasteiger partial charge on any atom is 0.264 e. The average Bonchev–Trinajstić information content (AvgIpc) is 3.40. The van der Waals surface area contributed by atoms with Crippen LogP contribution in [0, 0.1) is 0 Å². The van der Waals surface area contributed by atoms with Crippen LogP contribution >= 0.6 is 11.6 Å². The van der Waals surface area contributed by atoms with Crippen LogP contribution in [0.25, 0.3) is 10.9 Å². The fourth-order valence-electron chi connectivity index (χ4n) is 4.29. The Hall–Kier alpha value is -2.71. The van der Waals surface area contributed by atoms with E-state index in [1.807, 2.05) is 0 Å². The van der Waals surface area contributed by atoms with Crippen molar-refractivity contribution in [2.24, 2.45) is 0 Å². The summed E-state index contributed by atoms with van der Waals surface area (Å²) in [4.78, 5) is 24.2. The van der Waals surface area contributed by atoms with E-state index < -0.39 is 21.3 Å². The minimum atomic E-state index is -4.09. The van der Waals surface area contributed by atoms with Gasteiger partial charge in [0.2, 0.25) is 5.91 Å². The van der Waals surface area contributed by atoms with Crippen molar-refractivity contribution in [2.45, 2.75) is 36.0 Å². The van der Waals surface area contributed by atoms with E-state index in [1.54, 1.807) is 42.7 Å². The number of nitrogens with zero attached hydrogens (tertiary/aromatic N) is 3. The molecule has 1 aliphatic carbocycles. The second-order valence-corrected chi connectivity index (χ2v) is 10.1. The zero-order valence-electron chi connectivity index (χ0n) is 16.7. The zero-order chi connectivity index (χ0) is 21.6. The smallest absolute Gasteiger partial charge is 0.264 e. The van der Waals surface area contributed by atoms with Crippen molar-refractivity contribution >= 4 is 44.3 Å². The fourth-order valence-corrected chi connectivity index (χ4v) is 5.72. The number of nitrogens with one attached hydrogen (secondary N) is 1. The Bertz CT molecular complexity index is 1280. The monoisotopic (exact) mass is 456 g/mol. The second kappa shape index (κ2) is 7.46. The molecule has 3 heterocycles. The van der Waals surface area contributed by atoms with E-state index in [0.717, 1.165) is 31.7 Å². The number of amides is 1. The molecule has 5 rings (SSSR count). The van der Waals surface area contributed by atoms with Gasteiger partial charge in [-0.3, -0.25) is 9.78 Å². The Morgan fingerprint density at radius 1 is 1.10 bits per heavy atom. The number of sulfonamides is 1. The second-order valence-electron chi connectivity index (χ2n) is 8.06. The minimum Gasteiger partial charge on any atom is -0.356 e. The fraction of sp³-hybridized carbons (Fsp3) is 0.318. The molecule has 0 atom stereocenters. The molecule has 9 heteroatoms. The molecule has 31 heavy (non-hydrogen) atoms. The van der Waals surface area contributed by atoms with Gasteiger partial charge in [0.1, 0.15) is 5.82 Å². The van der Waals surface area contributed by atoms with Gasteiger partial charge in [0, 0.05) is 36.4 Å². The highest BCUT2D eigenvalue weighted by molar-refractivity contribution is 7.90. The Morgan fingerprint density at radius 3 is 2.61 bits per heavy atom. The van der Waals surface area contributed by atoms with Crippen molar-refractivity contribution < 1.29 is 13.2 Å². The predicted octanol–water partition coefficient (Wildman–Crippen LogP) is 3.42. The summed E-state index contributed by atoms with van der Waals surface area (Å²) in [6.45, 7) is 1.72. The number of hydrogen-bond donors (Lipinski definition) is 1. The average molecular weight is 457 g/mol. The SMILES string of the molecule is O=C(NS(=O)(=O)c1cccc2ncccc12)C1(c2cc(Cl)cnc2N2CCCC2)CC1. The topological polar surface area (TPSA) is 92.3 Å². The van der Waals surface area contributed by atoms with Crippen LogP contribution in [-0.2, 0) is 20.2 Å². The molecule has 1 N–H and O–H groups in total. The van der Waals surface area contributed by atoms with Crippen LogP contribution in [0.3, 0.4) is 0 Å². The van der Waals surface area contributed by atoms with Crippen molar-refractivity contribution in [3.05, 3.63) is 59.4 Å². The van der Waals surface area contributed by atoms with Crippen LogP contribution in [0.1, 0.15) is 31.2 Å².